The Hall–Kier alpha value is -3.84. The fraction of sp³-hybridized carbons (Fsp3) is 0.0870. The second kappa shape index (κ2) is 8.49. The van der Waals surface area contributed by atoms with Gasteiger partial charge in [0.2, 0.25) is 5.88 Å². The van der Waals surface area contributed by atoms with E-state index in [1.54, 1.807) is 31.2 Å². The number of fused-ring (bicyclic) bond motifs is 1. The minimum atomic E-state index is -0.758. The Morgan fingerprint density at radius 1 is 1.06 bits per heavy atom. The van der Waals surface area contributed by atoms with Gasteiger partial charge in [-0.25, -0.2) is 9.36 Å². The quantitative estimate of drug-likeness (QED) is 0.322. The summed E-state index contributed by atoms with van der Waals surface area (Å²) in [7, 11) is 0. The topological polar surface area (TPSA) is 99.5 Å². The fourth-order valence-corrected chi connectivity index (χ4v) is 3.50. The van der Waals surface area contributed by atoms with Crippen molar-refractivity contribution in [1.82, 2.24) is 9.55 Å². The van der Waals surface area contributed by atoms with Gasteiger partial charge in [-0.05, 0) is 42.1 Å². The molecule has 7 nitrogen and oxygen atoms in total. The first-order valence-corrected chi connectivity index (χ1v) is 10.0. The van der Waals surface area contributed by atoms with Gasteiger partial charge in [0.25, 0.3) is 5.56 Å². The Morgan fingerprint density at radius 2 is 1.77 bits per heavy atom. The Labute approximate surface area is 182 Å². The van der Waals surface area contributed by atoms with Crippen LogP contribution in [0, 0.1) is 0 Å². The van der Waals surface area contributed by atoms with Crippen LogP contribution in [0.3, 0.4) is 0 Å². The molecule has 0 radical (unpaired) electrons. The predicted molar refractivity (Wildman–Crippen MR) is 124 cm³/mol. The molecule has 0 atom stereocenters. The Morgan fingerprint density at radius 3 is 2.52 bits per heavy atom. The number of aromatic hydroxyl groups is 1. The summed E-state index contributed by atoms with van der Waals surface area (Å²) in [6.07, 6.45) is 0.341. The van der Waals surface area contributed by atoms with Crippen LogP contribution in [0.4, 0.5) is 5.69 Å². The van der Waals surface area contributed by atoms with E-state index < -0.39 is 17.1 Å². The van der Waals surface area contributed by atoms with E-state index >= 15 is 0 Å². The lowest BCUT2D eigenvalue weighted by molar-refractivity contribution is 0.429. The molecule has 1 aromatic heterocycles. The summed E-state index contributed by atoms with van der Waals surface area (Å²) in [6.45, 7) is 1.81. The molecule has 156 valence electrons. The maximum absolute atomic E-state index is 12.6. The van der Waals surface area contributed by atoms with Gasteiger partial charge in [0, 0.05) is 10.4 Å². The molecule has 8 heteroatoms. The zero-order chi connectivity index (χ0) is 22.0. The van der Waals surface area contributed by atoms with Gasteiger partial charge < -0.3 is 5.11 Å². The minimum Gasteiger partial charge on any atom is -0.493 e. The molecule has 0 spiro atoms. The van der Waals surface area contributed by atoms with Gasteiger partial charge >= 0.3 is 5.69 Å². The SMILES string of the molecule is CC/C(=N\Nc1cccc2ccccc12)c1c(O)n(-c2ccc(Cl)cc2)c(=O)[nH]c1=O. The number of hydrazone groups is 1. The molecular weight excluding hydrogens is 416 g/mol. The first-order chi connectivity index (χ1) is 15.0. The van der Waals surface area contributed by atoms with E-state index in [4.69, 9.17) is 11.6 Å². The van der Waals surface area contributed by atoms with Crippen molar-refractivity contribution in [3.8, 4) is 11.6 Å². The number of hydrogen-bond acceptors (Lipinski definition) is 5. The first-order valence-electron chi connectivity index (χ1n) is 9.64. The van der Waals surface area contributed by atoms with E-state index in [9.17, 15) is 14.7 Å². The lowest BCUT2D eigenvalue weighted by atomic mass is 10.1. The number of benzene rings is 3. The normalized spacial score (nSPS) is 11.6. The molecule has 0 saturated heterocycles. The van der Waals surface area contributed by atoms with Crippen molar-refractivity contribution in [3.63, 3.8) is 0 Å². The Kier molecular flexibility index (Phi) is 5.60. The van der Waals surface area contributed by atoms with E-state index in [0.717, 1.165) is 21.0 Å². The monoisotopic (exact) mass is 434 g/mol. The number of anilines is 1. The Bertz CT molecular complexity index is 1400. The van der Waals surface area contributed by atoms with Crippen molar-refractivity contribution < 1.29 is 5.11 Å². The second-order valence-corrected chi connectivity index (χ2v) is 7.26. The van der Waals surface area contributed by atoms with Crippen LogP contribution in [0.1, 0.15) is 18.9 Å². The van der Waals surface area contributed by atoms with Crippen LogP contribution in [0.2, 0.25) is 5.02 Å². The van der Waals surface area contributed by atoms with Gasteiger partial charge in [-0.15, -0.1) is 0 Å². The maximum atomic E-state index is 12.6. The van der Waals surface area contributed by atoms with Gasteiger partial charge in [0.15, 0.2) is 0 Å². The van der Waals surface area contributed by atoms with E-state index in [2.05, 4.69) is 15.5 Å². The number of rotatable bonds is 5. The highest BCUT2D eigenvalue weighted by Crippen LogP contribution is 2.24. The molecule has 0 aliphatic rings. The lowest BCUT2D eigenvalue weighted by Crippen LogP contribution is -2.33. The molecule has 0 aliphatic carbocycles. The average Bonchev–Trinajstić information content (AvgIpc) is 2.77. The van der Waals surface area contributed by atoms with Crippen molar-refractivity contribution >= 4 is 33.8 Å². The third kappa shape index (κ3) is 3.95. The summed E-state index contributed by atoms with van der Waals surface area (Å²) >= 11 is 5.91. The van der Waals surface area contributed by atoms with Gasteiger partial charge in [0.05, 0.1) is 17.1 Å². The van der Waals surface area contributed by atoms with E-state index in [1.807, 2.05) is 42.5 Å². The molecule has 0 amide bonds. The van der Waals surface area contributed by atoms with E-state index in [-0.39, 0.29) is 5.56 Å². The molecule has 3 aromatic carbocycles. The van der Waals surface area contributed by atoms with Gasteiger partial charge in [0.1, 0.15) is 5.56 Å². The van der Waals surface area contributed by atoms with E-state index in [0.29, 0.717) is 22.8 Å². The summed E-state index contributed by atoms with van der Waals surface area (Å²) in [4.78, 5) is 27.2. The summed E-state index contributed by atoms with van der Waals surface area (Å²) in [5, 5.41) is 17.7. The third-order valence-electron chi connectivity index (χ3n) is 4.90. The van der Waals surface area contributed by atoms with Crippen molar-refractivity contribution in [2.45, 2.75) is 13.3 Å². The number of aromatic amines is 1. The molecule has 0 aliphatic heterocycles. The van der Waals surface area contributed by atoms with Gasteiger partial charge in [-0.1, -0.05) is 54.9 Å². The van der Waals surface area contributed by atoms with Crippen molar-refractivity contribution in [1.29, 1.82) is 0 Å². The smallest absolute Gasteiger partial charge is 0.335 e. The summed E-state index contributed by atoms with van der Waals surface area (Å²) < 4.78 is 1.01. The molecule has 4 rings (SSSR count). The largest absolute Gasteiger partial charge is 0.493 e. The number of nitrogens with zero attached hydrogens (tertiary/aromatic N) is 2. The summed E-state index contributed by atoms with van der Waals surface area (Å²) in [6, 6.07) is 19.9. The molecule has 31 heavy (non-hydrogen) atoms. The van der Waals surface area contributed by atoms with Crippen LogP contribution >= 0.6 is 11.6 Å². The Balaban J connectivity index is 1.81. The molecule has 0 bridgehead atoms. The van der Waals surface area contributed by atoms with Crippen LogP contribution in [-0.4, -0.2) is 20.4 Å². The number of nitrogens with one attached hydrogen (secondary N) is 2. The molecule has 0 fully saturated rings. The van der Waals surface area contributed by atoms with Gasteiger partial charge in [-0.2, -0.15) is 5.10 Å². The minimum absolute atomic E-state index is 0.0789. The standard InChI is InChI=1S/C23H19ClN4O3/c1-2-18(26-27-19-9-5-7-14-6-3-4-8-17(14)19)20-21(29)25-23(31)28(22(20)30)16-12-10-15(24)11-13-16/h3-13,27,30H,2H2,1H3,(H,25,29,31)/b26-18+. The van der Waals surface area contributed by atoms with E-state index in [1.165, 1.54) is 0 Å². The van der Waals surface area contributed by atoms with Gasteiger partial charge in [-0.3, -0.25) is 15.2 Å². The van der Waals surface area contributed by atoms with Crippen LogP contribution < -0.4 is 16.7 Å². The summed E-state index contributed by atoms with van der Waals surface area (Å²) in [5.74, 6) is -0.489. The zero-order valence-corrected chi connectivity index (χ0v) is 17.3. The molecule has 0 unspecified atom stereocenters. The number of aromatic nitrogens is 2. The lowest BCUT2D eigenvalue weighted by Gasteiger charge is -2.13. The van der Waals surface area contributed by atoms with Crippen LogP contribution in [0.15, 0.2) is 81.4 Å². The molecular formula is C23H19ClN4O3. The van der Waals surface area contributed by atoms with Crippen LogP contribution in [-0.2, 0) is 0 Å². The average molecular weight is 435 g/mol. The molecule has 3 N–H and O–H groups in total. The summed E-state index contributed by atoms with van der Waals surface area (Å²) in [5.41, 5.74) is 2.86. The number of H-pyrrole nitrogens is 1. The van der Waals surface area contributed by atoms with Crippen molar-refractivity contribution in [2.24, 2.45) is 5.10 Å². The zero-order valence-electron chi connectivity index (χ0n) is 16.6. The van der Waals surface area contributed by atoms with Crippen molar-refractivity contribution in [3.05, 3.63) is 98.2 Å². The van der Waals surface area contributed by atoms with Crippen LogP contribution in [0.25, 0.3) is 16.5 Å². The maximum Gasteiger partial charge on any atom is 0.335 e. The molecule has 4 aromatic rings. The van der Waals surface area contributed by atoms with Crippen molar-refractivity contribution in [2.75, 3.05) is 5.43 Å². The van der Waals surface area contributed by atoms with Crippen LogP contribution in [0.5, 0.6) is 5.88 Å². The number of hydrogen-bond donors (Lipinski definition) is 3. The molecule has 1 heterocycles. The third-order valence-corrected chi connectivity index (χ3v) is 5.15. The predicted octanol–water partition coefficient (Wildman–Crippen LogP) is 4.26. The highest BCUT2D eigenvalue weighted by molar-refractivity contribution is 6.30. The highest BCUT2D eigenvalue weighted by atomic mass is 35.5. The number of halogens is 1. The molecule has 0 saturated carbocycles. The fourth-order valence-electron chi connectivity index (χ4n) is 3.38. The first kappa shape index (κ1) is 20.4. The second-order valence-electron chi connectivity index (χ2n) is 6.82. The highest BCUT2D eigenvalue weighted by Gasteiger charge is 2.19.